The van der Waals surface area contributed by atoms with Crippen LogP contribution in [-0.4, -0.2) is 35.6 Å². The molecule has 7 heteroatoms. The summed E-state index contributed by atoms with van der Waals surface area (Å²) in [6.07, 6.45) is 7.39. The molecule has 1 aromatic carbocycles. The highest BCUT2D eigenvalue weighted by Crippen LogP contribution is 2.10. The molecular formula is C17H25FIN5. The van der Waals surface area contributed by atoms with Crippen molar-refractivity contribution in [2.75, 3.05) is 20.1 Å². The van der Waals surface area contributed by atoms with Gasteiger partial charge in [-0.1, -0.05) is 6.07 Å². The number of halogens is 2. The van der Waals surface area contributed by atoms with Crippen LogP contribution in [0.3, 0.4) is 0 Å². The molecule has 2 rings (SSSR count). The largest absolute Gasteiger partial charge is 0.356 e. The first-order chi connectivity index (χ1) is 11.2. The number of aryl methyl sites for hydroxylation is 2. The Balaban J connectivity index is 0.00000288. The molecule has 0 aliphatic heterocycles. The summed E-state index contributed by atoms with van der Waals surface area (Å²) in [5.74, 6) is 0.602. The molecule has 2 N–H and O–H groups in total. The van der Waals surface area contributed by atoms with Crippen molar-refractivity contribution in [3.8, 4) is 0 Å². The number of guanidine groups is 1. The van der Waals surface area contributed by atoms with Gasteiger partial charge in [0.1, 0.15) is 5.82 Å². The molecule has 0 atom stereocenters. The zero-order valence-electron chi connectivity index (χ0n) is 14.1. The van der Waals surface area contributed by atoms with Crippen LogP contribution in [0.2, 0.25) is 0 Å². The molecule has 0 amide bonds. The summed E-state index contributed by atoms with van der Waals surface area (Å²) in [4.78, 5) is 8.22. The van der Waals surface area contributed by atoms with Crippen LogP contribution in [0.1, 0.15) is 17.5 Å². The van der Waals surface area contributed by atoms with E-state index in [1.54, 1.807) is 19.3 Å². The fourth-order valence-electron chi connectivity index (χ4n) is 2.36. The van der Waals surface area contributed by atoms with Crippen molar-refractivity contribution in [2.45, 2.75) is 26.3 Å². The lowest BCUT2D eigenvalue weighted by atomic mass is 10.1. The minimum atomic E-state index is -0.186. The fourth-order valence-corrected chi connectivity index (χ4v) is 2.36. The zero-order chi connectivity index (χ0) is 16.5. The highest BCUT2D eigenvalue weighted by atomic mass is 127. The lowest BCUT2D eigenvalue weighted by Gasteiger charge is -2.12. The summed E-state index contributed by atoms with van der Waals surface area (Å²) in [5.41, 5.74) is 2.13. The molecule has 2 aromatic rings. The van der Waals surface area contributed by atoms with Crippen LogP contribution >= 0.6 is 24.0 Å². The Morgan fingerprint density at radius 2 is 2.08 bits per heavy atom. The van der Waals surface area contributed by atoms with Crippen molar-refractivity contribution in [3.63, 3.8) is 0 Å². The molecule has 132 valence electrons. The monoisotopic (exact) mass is 445 g/mol. The normalized spacial score (nSPS) is 11.0. The number of nitrogens with zero attached hydrogens (tertiary/aromatic N) is 3. The van der Waals surface area contributed by atoms with Gasteiger partial charge in [-0.15, -0.1) is 24.0 Å². The van der Waals surface area contributed by atoms with Crippen molar-refractivity contribution in [2.24, 2.45) is 4.99 Å². The average molecular weight is 445 g/mol. The Bertz CT molecular complexity index is 628. The Labute approximate surface area is 159 Å². The molecule has 0 radical (unpaired) electrons. The first-order valence-corrected chi connectivity index (χ1v) is 7.84. The first-order valence-electron chi connectivity index (χ1n) is 7.84. The van der Waals surface area contributed by atoms with Crippen molar-refractivity contribution < 1.29 is 4.39 Å². The number of rotatable bonds is 7. The molecular weight excluding hydrogens is 420 g/mol. The molecule has 0 unspecified atom stereocenters. The summed E-state index contributed by atoms with van der Waals surface area (Å²) < 4.78 is 15.1. The van der Waals surface area contributed by atoms with Crippen LogP contribution in [0, 0.1) is 12.7 Å². The van der Waals surface area contributed by atoms with Gasteiger partial charge in [0.15, 0.2) is 5.96 Å². The first kappa shape index (κ1) is 20.4. The second-order valence-electron chi connectivity index (χ2n) is 5.40. The van der Waals surface area contributed by atoms with Crippen molar-refractivity contribution >= 4 is 29.9 Å². The highest BCUT2D eigenvalue weighted by molar-refractivity contribution is 14.0. The van der Waals surface area contributed by atoms with E-state index in [4.69, 9.17) is 0 Å². The Hall–Kier alpha value is -1.64. The minimum Gasteiger partial charge on any atom is -0.356 e. The van der Waals surface area contributed by atoms with Gasteiger partial charge in [-0.2, -0.15) is 0 Å². The summed E-state index contributed by atoms with van der Waals surface area (Å²) in [5, 5.41) is 6.57. The molecule has 0 saturated carbocycles. The van der Waals surface area contributed by atoms with Gasteiger partial charge < -0.3 is 15.2 Å². The standard InChI is InChI=1S/C17H24FN5.HI/c1-14-12-16(18)5-4-15(14)6-8-22-17(19-2)21-7-3-10-23-11-9-20-13-23;/h4-5,9,11-13H,3,6-8,10H2,1-2H3,(H2,19,21,22);1H. The van der Waals surface area contributed by atoms with Gasteiger partial charge in [0.05, 0.1) is 6.33 Å². The van der Waals surface area contributed by atoms with E-state index in [1.165, 1.54) is 6.07 Å². The van der Waals surface area contributed by atoms with E-state index < -0.39 is 0 Å². The number of aromatic nitrogens is 2. The number of imidazole rings is 1. The maximum absolute atomic E-state index is 13.1. The van der Waals surface area contributed by atoms with Crippen LogP contribution in [-0.2, 0) is 13.0 Å². The topological polar surface area (TPSA) is 54.2 Å². The molecule has 0 bridgehead atoms. The SMILES string of the molecule is CN=C(NCCCn1ccnc1)NCCc1ccc(F)cc1C.I. The highest BCUT2D eigenvalue weighted by Gasteiger charge is 2.01. The Morgan fingerprint density at radius 3 is 2.75 bits per heavy atom. The lowest BCUT2D eigenvalue weighted by Crippen LogP contribution is -2.39. The molecule has 0 saturated heterocycles. The van der Waals surface area contributed by atoms with Gasteiger partial charge >= 0.3 is 0 Å². The number of nitrogens with one attached hydrogen (secondary N) is 2. The molecule has 5 nitrogen and oxygen atoms in total. The predicted molar refractivity (Wildman–Crippen MR) is 106 cm³/mol. The zero-order valence-corrected chi connectivity index (χ0v) is 16.5. The van der Waals surface area contributed by atoms with Gasteiger partial charge in [0.2, 0.25) is 0 Å². The van der Waals surface area contributed by atoms with Crippen LogP contribution in [0.15, 0.2) is 41.9 Å². The smallest absolute Gasteiger partial charge is 0.190 e. The summed E-state index contributed by atoms with van der Waals surface area (Å²) in [6, 6.07) is 4.91. The Morgan fingerprint density at radius 1 is 1.29 bits per heavy atom. The van der Waals surface area contributed by atoms with Gasteiger partial charge in [-0.25, -0.2) is 9.37 Å². The van der Waals surface area contributed by atoms with E-state index in [9.17, 15) is 4.39 Å². The quantitative estimate of drug-likeness (QED) is 0.298. The van der Waals surface area contributed by atoms with Crippen molar-refractivity contribution in [1.29, 1.82) is 0 Å². The molecule has 0 spiro atoms. The van der Waals surface area contributed by atoms with Crippen LogP contribution in [0.5, 0.6) is 0 Å². The number of benzene rings is 1. The fraction of sp³-hybridized carbons (Fsp3) is 0.412. The summed E-state index contributed by atoms with van der Waals surface area (Å²) in [6.45, 7) is 4.46. The maximum atomic E-state index is 13.1. The molecule has 0 fully saturated rings. The van der Waals surface area contributed by atoms with Crippen LogP contribution in [0.4, 0.5) is 4.39 Å². The molecule has 0 aliphatic carbocycles. The van der Waals surface area contributed by atoms with Crippen LogP contribution in [0.25, 0.3) is 0 Å². The van der Waals surface area contributed by atoms with Crippen molar-refractivity contribution in [3.05, 3.63) is 53.9 Å². The second-order valence-corrected chi connectivity index (χ2v) is 5.40. The molecule has 1 aromatic heterocycles. The summed E-state index contributed by atoms with van der Waals surface area (Å²) >= 11 is 0. The molecule has 24 heavy (non-hydrogen) atoms. The Kier molecular flexibility index (Phi) is 9.36. The third-order valence-electron chi connectivity index (χ3n) is 3.66. The number of hydrogen-bond donors (Lipinski definition) is 2. The van der Waals surface area contributed by atoms with Gasteiger partial charge in [0.25, 0.3) is 0 Å². The third kappa shape index (κ3) is 6.86. The van der Waals surface area contributed by atoms with E-state index in [0.29, 0.717) is 0 Å². The molecule has 1 heterocycles. The van der Waals surface area contributed by atoms with Crippen LogP contribution < -0.4 is 10.6 Å². The maximum Gasteiger partial charge on any atom is 0.190 e. The van der Waals surface area contributed by atoms with E-state index in [2.05, 4.69) is 25.2 Å². The van der Waals surface area contributed by atoms with Gasteiger partial charge in [-0.05, 0) is 43.0 Å². The van der Waals surface area contributed by atoms with E-state index in [1.807, 2.05) is 25.5 Å². The van der Waals surface area contributed by atoms with E-state index in [-0.39, 0.29) is 29.8 Å². The van der Waals surface area contributed by atoms with E-state index in [0.717, 1.165) is 49.6 Å². The number of hydrogen-bond acceptors (Lipinski definition) is 2. The number of aliphatic imine (C=N–C) groups is 1. The minimum absolute atomic E-state index is 0. The average Bonchev–Trinajstić information content (AvgIpc) is 3.05. The predicted octanol–water partition coefficient (Wildman–Crippen LogP) is 2.75. The second kappa shape index (κ2) is 11.0. The van der Waals surface area contributed by atoms with Crippen molar-refractivity contribution in [1.82, 2.24) is 20.2 Å². The molecule has 0 aliphatic rings. The summed E-state index contributed by atoms with van der Waals surface area (Å²) in [7, 11) is 1.76. The van der Waals surface area contributed by atoms with E-state index >= 15 is 0 Å². The van der Waals surface area contributed by atoms with Gasteiger partial charge in [0, 0.05) is 39.1 Å². The third-order valence-corrected chi connectivity index (χ3v) is 3.66. The van der Waals surface area contributed by atoms with Gasteiger partial charge in [-0.3, -0.25) is 4.99 Å². The lowest BCUT2D eigenvalue weighted by molar-refractivity contribution is 0.623.